The van der Waals surface area contributed by atoms with Crippen LogP contribution in [0.4, 0.5) is 0 Å². The van der Waals surface area contributed by atoms with Crippen molar-refractivity contribution in [3.8, 4) is 0 Å². The van der Waals surface area contributed by atoms with Gasteiger partial charge in [-0.1, -0.05) is 24.2 Å². The highest BCUT2D eigenvalue weighted by atomic mass is 16.6. The zero-order chi connectivity index (χ0) is 11.3. The summed E-state index contributed by atoms with van der Waals surface area (Å²) in [6.07, 6.45) is 0.891. The molecule has 0 aliphatic carbocycles. The molecule has 2 nitrogen and oxygen atoms in total. The molecule has 0 aliphatic heterocycles. The Labute approximate surface area is 91.9 Å². The molecule has 1 aromatic rings. The number of oxime groups is 1. The summed E-state index contributed by atoms with van der Waals surface area (Å²) < 4.78 is 0. The number of benzene rings is 1. The van der Waals surface area contributed by atoms with Gasteiger partial charge < -0.3 is 4.84 Å². The minimum atomic E-state index is 0.619. The van der Waals surface area contributed by atoms with E-state index in [0.717, 1.165) is 17.7 Å². The zero-order valence-corrected chi connectivity index (χ0v) is 10.0. The Hall–Kier alpha value is -1.31. The van der Waals surface area contributed by atoms with Gasteiger partial charge in [-0.25, -0.2) is 0 Å². The van der Waals surface area contributed by atoms with Crippen LogP contribution in [0.2, 0.25) is 0 Å². The van der Waals surface area contributed by atoms with Crippen LogP contribution in [0, 0.1) is 13.8 Å². The van der Waals surface area contributed by atoms with Crippen LogP contribution in [0.15, 0.2) is 23.4 Å². The van der Waals surface area contributed by atoms with Gasteiger partial charge in [0.05, 0.1) is 5.71 Å². The van der Waals surface area contributed by atoms with Crippen molar-refractivity contribution in [3.63, 3.8) is 0 Å². The predicted molar refractivity (Wildman–Crippen MR) is 64.4 cm³/mol. The van der Waals surface area contributed by atoms with Gasteiger partial charge in [0.15, 0.2) is 0 Å². The average molecular weight is 205 g/mol. The summed E-state index contributed by atoms with van der Waals surface area (Å²) in [5, 5.41) is 4.12. The normalized spacial score (nSPS) is 11.6. The first-order valence-electron chi connectivity index (χ1n) is 5.45. The van der Waals surface area contributed by atoms with E-state index in [4.69, 9.17) is 4.84 Å². The van der Waals surface area contributed by atoms with E-state index < -0.39 is 0 Å². The van der Waals surface area contributed by atoms with Gasteiger partial charge in [-0.05, 0) is 49.9 Å². The molecule has 0 atom stereocenters. The molecule has 0 amide bonds. The third-order valence-electron chi connectivity index (χ3n) is 2.48. The first-order chi connectivity index (χ1) is 7.19. The largest absolute Gasteiger partial charge is 0.396 e. The topological polar surface area (TPSA) is 21.6 Å². The second-order valence-corrected chi connectivity index (χ2v) is 3.61. The van der Waals surface area contributed by atoms with Crippen molar-refractivity contribution in [1.29, 1.82) is 0 Å². The minimum Gasteiger partial charge on any atom is -0.396 e. The lowest BCUT2D eigenvalue weighted by Crippen LogP contribution is -2.01. The van der Waals surface area contributed by atoms with Gasteiger partial charge >= 0.3 is 0 Å². The van der Waals surface area contributed by atoms with Crippen LogP contribution in [-0.2, 0) is 4.84 Å². The molecule has 0 spiro atoms. The maximum Gasteiger partial charge on any atom is 0.114 e. The predicted octanol–water partition coefficient (Wildman–Crippen LogP) is 3.45. The monoisotopic (exact) mass is 205 g/mol. The Bertz CT molecular complexity index is 356. The highest BCUT2D eigenvalue weighted by Crippen LogP contribution is 2.12. The van der Waals surface area contributed by atoms with Crippen LogP contribution >= 0.6 is 0 Å². The Morgan fingerprint density at radius 2 is 1.93 bits per heavy atom. The summed E-state index contributed by atoms with van der Waals surface area (Å²) >= 11 is 0. The highest BCUT2D eigenvalue weighted by Gasteiger charge is 2.03. The van der Waals surface area contributed by atoms with E-state index in [1.165, 1.54) is 11.1 Å². The molecule has 0 aliphatic rings. The van der Waals surface area contributed by atoms with E-state index in [0.29, 0.717) is 6.61 Å². The maximum absolute atomic E-state index is 5.10. The van der Waals surface area contributed by atoms with Gasteiger partial charge in [0.25, 0.3) is 0 Å². The second kappa shape index (κ2) is 5.54. The quantitative estimate of drug-likeness (QED) is 0.545. The fourth-order valence-electron chi connectivity index (χ4n) is 1.38. The molecule has 0 fully saturated rings. The lowest BCUT2D eigenvalue weighted by molar-refractivity contribution is 0.158. The SMILES string of the molecule is CCO/N=C(\CC)c1ccc(C)c(C)c1. The highest BCUT2D eigenvalue weighted by molar-refractivity contribution is 6.00. The summed E-state index contributed by atoms with van der Waals surface area (Å²) in [5.74, 6) is 0. The van der Waals surface area contributed by atoms with E-state index in [2.05, 4.69) is 44.1 Å². The number of hydrogen-bond acceptors (Lipinski definition) is 2. The van der Waals surface area contributed by atoms with Crippen molar-refractivity contribution in [2.45, 2.75) is 34.1 Å². The number of aryl methyl sites for hydroxylation is 2. The van der Waals surface area contributed by atoms with Gasteiger partial charge in [0, 0.05) is 0 Å². The van der Waals surface area contributed by atoms with Gasteiger partial charge in [-0.3, -0.25) is 0 Å². The van der Waals surface area contributed by atoms with E-state index in [9.17, 15) is 0 Å². The smallest absolute Gasteiger partial charge is 0.114 e. The van der Waals surface area contributed by atoms with Gasteiger partial charge in [-0.15, -0.1) is 0 Å². The molecule has 0 unspecified atom stereocenters. The molecule has 1 aromatic carbocycles. The Balaban J connectivity index is 2.97. The third-order valence-corrected chi connectivity index (χ3v) is 2.48. The fourth-order valence-corrected chi connectivity index (χ4v) is 1.38. The molecule has 82 valence electrons. The summed E-state index contributed by atoms with van der Waals surface area (Å²) in [6, 6.07) is 6.39. The molecular formula is C13H19NO. The molecule has 0 saturated heterocycles. The van der Waals surface area contributed by atoms with Crippen molar-refractivity contribution in [2.24, 2.45) is 5.16 Å². The van der Waals surface area contributed by atoms with Crippen molar-refractivity contribution in [1.82, 2.24) is 0 Å². The molecule has 0 heterocycles. The molecule has 0 radical (unpaired) electrons. The van der Waals surface area contributed by atoms with Crippen molar-refractivity contribution in [3.05, 3.63) is 34.9 Å². The van der Waals surface area contributed by atoms with Gasteiger partial charge in [0.1, 0.15) is 6.61 Å². The number of hydrogen-bond donors (Lipinski definition) is 0. The van der Waals surface area contributed by atoms with Crippen LogP contribution in [0.25, 0.3) is 0 Å². The summed E-state index contributed by atoms with van der Waals surface area (Å²) in [6.45, 7) is 8.88. The Morgan fingerprint density at radius 1 is 1.20 bits per heavy atom. The van der Waals surface area contributed by atoms with Crippen LogP contribution in [0.5, 0.6) is 0 Å². The minimum absolute atomic E-state index is 0.619. The standard InChI is InChI=1S/C13H19NO/c1-5-13(14-15-6-2)12-8-7-10(3)11(4)9-12/h7-9H,5-6H2,1-4H3/b14-13+. The van der Waals surface area contributed by atoms with Crippen molar-refractivity contribution >= 4 is 5.71 Å². The van der Waals surface area contributed by atoms with E-state index in [-0.39, 0.29) is 0 Å². The molecule has 15 heavy (non-hydrogen) atoms. The molecular weight excluding hydrogens is 186 g/mol. The van der Waals surface area contributed by atoms with Crippen molar-refractivity contribution < 1.29 is 4.84 Å². The van der Waals surface area contributed by atoms with E-state index >= 15 is 0 Å². The van der Waals surface area contributed by atoms with E-state index in [1.807, 2.05) is 6.92 Å². The summed E-state index contributed by atoms with van der Waals surface area (Å²) in [4.78, 5) is 5.10. The first-order valence-corrected chi connectivity index (χ1v) is 5.45. The van der Waals surface area contributed by atoms with Gasteiger partial charge in [-0.2, -0.15) is 0 Å². The van der Waals surface area contributed by atoms with Crippen LogP contribution in [0.3, 0.4) is 0 Å². The Kier molecular flexibility index (Phi) is 4.35. The molecule has 2 heteroatoms. The van der Waals surface area contributed by atoms with Crippen molar-refractivity contribution in [2.75, 3.05) is 6.61 Å². The van der Waals surface area contributed by atoms with E-state index in [1.54, 1.807) is 0 Å². The summed E-state index contributed by atoms with van der Waals surface area (Å²) in [7, 11) is 0. The lowest BCUT2D eigenvalue weighted by Gasteiger charge is -2.06. The molecule has 0 aromatic heterocycles. The molecule has 0 saturated carbocycles. The average Bonchev–Trinajstić information content (AvgIpc) is 2.24. The summed E-state index contributed by atoms with van der Waals surface area (Å²) in [5.41, 5.74) is 4.78. The van der Waals surface area contributed by atoms with Crippen LogP contribution in [-0.4, -0.2) is 12.3 Å². The molecule has 1 rings (SSSR count). The second-order valence-electron chi connectivity index (χ2n) is 3.61. The maximum atomic E-state index is 5.10. The first kappa shape index (κ1) is 11.8. The Morgan fingerprint density at radius 3 is 2.47 bits per heavy atom. The number of nitrogens with zero attached hydrogens (tertiary/aromatic N) is 1. The van der Waals surface area contributed by atoms with Crippen LogP contribution < -0.4 is 0 Å². The zero-order valence-electron chi connectivity index (χ0n) is 10.0. The lowest BCUT2D eigenvalue weighted by atomic mass is 10.0. The fraction of sp³-hybridized carbons (Fsp3) is 0.462. The van der Waals surface area contributed by atoms with Gasteiger partial charge in [0.2, 0.25) is 0 Å². The number of rotatable bonds is 4. The third kappa shape index (κ3) is 3.08. The molecule has 0 bridgehead atoms. The molecule has 0 N–H and O–H groups in total. The van der Waals surface area contributed by atoms with Crippen LogP contribution in [0.1, 0.15) is 37.0 Å².